The minimum Gasteiger partial charge on any atom is -0.399 e. The van der Waals surface area contributed by atoms with Crippen molar-refractivity contribution in [3.8, 4) is 0 Å². The Balaban J connectivity index is 2.76. The fourth-order valence-corrected chi connectivity index (χ4v) is 7.36. The van der Waals surface area contributed by atoms with Gasteiger partial charge in [0.15, 0.2) is 14.1 Å². The first-order valence-electron chi connectivity index (χ1n) is 6.25. The summed E-state index contributed by atoms with van der Waals surface area (Å²) in [6.45, 7) is 1.93. The maximum atomic E-state index is 12.4. The fraction of sp³-hybridized carbons (Fsp3) is 0.818. The van der Waals surface area contributed by atoms with Gasteiger partial charge in [0.1, 0.15) is 0 Å². The SMILES string of the molecule is CC1CCCCC12C(N)=C(S(C)(=O)=O)S(=O)(=O)N2C. The van der Waals surface area contributed by atoms with E-state index in [1.807, 2.05) is 6.92 Å². The Bertz CT molecular complexity index is 636. The number of hydrogen-bond donors (Lipinski definition) is 1. The molecule has 19 heavy (non-hydrogen) atoms. The number of rotatable bonds is 1. The first kappa shape index (κ1) is 14.8. The van der Waals surface area contributed by atoms with Crippen molar-refractivity contribution in [2.45, 2.75) is 38.1 Å². The van der Waals surface area contributed by atoms with Gasteiger partial charge in [0.25, 0.3) is 10.0 Å². The van der Waals surface area contributed by atoms with Gasteiger partial charge in [0, 0.05) is 13.3 Å². The summed E-state index contributed by atoms with van der Waals surface area (Å²) in [6.07, 6.45) is 4.18. The molecule has 0 amide bonds. The first-order chi connectivity index (χ1) is 8.56. The van der Waals surface area contributed by atoms with Crippen LogP contribution in [0, 0.1) is 5.92 Å². The van der Waals surface area contributed by atoms with Gasteiger partial charge < -0.3 is 5.73 Å². The predicted molar refractivity (Wildman–Crippen MR) is 73.1 cm³/mol. The molecular weight excluding hydrogens is 288 g/mol. The number of likely N-dealkylation sites (N-methyl/N-ethyl adjacent to an activating group) is 1. The lowest BCUT2D eigenvalue weighted by Crippen LogP contribution is -2.53. The average Bonchev–Trinajstić information content (AvgIpc) is 2.40. The number of hydrogen-bond acceptors (Lipinski definition) is 5. The van der Waals surface area contributed by atoms with Gasteiger partial charge in [-0.05, 0) is 18.8 Å². The standard InChI is InChI=1S/C11H20N2O4S2/c1-8-6-4-5-7-11(8)9(12)10(18(3,14)15)19(16,17)13(11)2/h8H,4-7,12H2,1-3H3. The summed E-state index contributed by atoms with van der Waals surface area (Å²) < 4.78 is 48.9. The molecule has 2 unspecified atom stereocenters. The minimum absolute atomic E-state index is 0.00435. The van der Waals surface area contributed by atoms with E-state index in [1.54, 1.807) is 0 Å². The van der Waals surface area contributed by atoms with E-state index in [0.29, 0.717) is 6.42 Å². The molecule has 110 valence electrons. The van der Waals surface area contributed by atoms with Crippen LogP contribution in [0.3, 0.4) is 0 Å². The topological polar surface area (TPSA) is 97.5 Å². The van der Waals surface area contributed by atoms with E-state index in [-0.39, 0.29) is 11.6 Å². The van der Waals surface area contributed by atoms with Crippen LogP contribution in [0.4, 0.5) is 0 Å². The highest BCUT2D eigenvalue weighted by molar-refractivity contribution is 8.13. The van der Waals surface area contributed by atoms with Crippen LogP contribution in [0.5, 0.6) is 0 Å². The van der Waals surface area contributed by atoms with Crippen LogP contribution in [0.2, 0.25) is 0 Å². The van der Waals surface area contributed by atoms with Gasteiger partial charge in [-0.3, -0.25) is 0 Å². The molecule has 0 aromatic heterocycles. The third kappa shape index (κ3) is 1.84. The van der Waals surface area contributed by atoms with Crippen LogP contribution in [0.25, 0.3) is 0 Å². The molecule has 1 aliphatic carbocycles. The molecule has 1 spiro atoms. The van der Waals surface area contributed by atoms with Gasteiger partial charge in [-0.25, -0.2) is 16.8 Å². The van der Waals surface area contributed by atoms with Crippen LogP contribution >= 0.6 is 0 Å². The Labute approximate surface area is 114 Å². The molecular formula is C11H20N2O4S2. The average molecular weight is 308 g/mol. The molecule has 1 heterocycles. The second-order valence-electron chi connectivity index (χ2n) is 5.52. The molecule has 2 rings (SSSR count). The number of nitrogens with two attached hydrogens (primary N) is 1. The molecule has 1 saturated carbocycles. The highest BCUT2D eigenvalue weighted by atomic mass is 32.3. The van der Waals surface area contributed by atoms with E-state index in [9.17, 15) is 16.8 Å². The van der Waals surface area contributed by atoms with Crippen LogP contribution in [-0.2, 0) is 19.9 Å². The zero-order chi connectivity index (χ0) is 14.6. The maximum Gasteiger partial charge on any atom is 0.256 e. The van der Waals surface area contributed by atoms with Crippen LogP contribution < -0.4 is 5.73 Å². The van der Waals surface area contributed by atoms with Crippen molar-refractivity contribution in [2.75, 3.05) is 13.3 Å². The summed E-state index contributed by atoms with van der Waals surface area (Å²) in [6, 6.07) is 0. The van der Waals surface area contributed by atoms with Crippen LogP contribution in [0.15, 0.2) is 9.93 Å². The highest BCUT2D eigenvalue weighted by Crippen LogP contribution is 2.49. The molecule has 1 aliphatic heterocycles. The molecule has 6 nitrogen and oxygen atoms in total. The Morgan fingerprint density at radius 1 is 1.37 bits per heavy atom. The smallest absolute Gasteiger partial charge is 0.256 e. The number of nitrogens with zero attached hydrogens (tertiary/aromatic N) is 1. The highest BCUT2D eigenvalue weighted by Gasteiger charge is 2.58. The molecule has 0 radical (unpaired) electrons. The zero-order valence-corrected chi connectivity index (χ0v) is 13.0. The molecule has 8 heteroatoms. The van der Waals surface area contributed by atoms with Gasteiger partial charge in [-0.15, -0.1) is 0 Å². The van der Waals surface area contributed by atoms with Gasteiger partial charge in [0.05, 0.1) is 11.2 Å². The van der Waals surface area contributed by atoms with Crippen molar-refractivity contribution < 1.29 is 16.8 Å². The Kier molecular flexibility index (Phi) is 3.27. The molecule has 0 aromatic rings. The summed E-state index contributed by atoms with van der Waals surface area (Å²) in [7, 11) is -6.45. The lowest BCUT2D eigenvalue weighted by Gasteiger charge is -2.44. The van der Waals surface area contributed by atoms with Gasteiger partial charge in [-0.1, -0.05) is 19.8 Å². The second kappa shape index (κ2) is 4.20. The number of sulfone groups is 1. The lowest BCUT2D eigenvalue weighted by molar-refractivity contribution is 0.130. The maximum absolute atomic E-state index is 12.4. The van der Waals surface area contributed by atoms with E-state index >= 15 is 0 Å². The third-order valence-electron chi connectivity index (χ3n) is 4.44. The first-order valence-corrected chi connectivity index (χ1v) is 9.58. The van der Waals surface area contributed by atoms with E-state index in [4.69, 9.17) is 5.73 Å². The molecule has 0 aromatic carbocycles. The van der Waals surface area contributed by atoms with Crippen LogP contribution in [0.1, 0.15) is 32.6 Å². The Morgan fingerprint density at radius 2 is 1.95 bits per heavy atom. The van der Waals surface area contributed by atoms with Crippen molar-refractivity contribution in [3.05, 3.63) is 9.93 Å². The van der Waals surface area contributed by atoms with E-state index < -0.39 is 29.6 Å². The molecule has 1 fully saturated rings. The third-order valence-corrected chi connectivity index (χ3v) is 8.61. The molecule has 2 atom stereocenters. The van der Waals surface area contributed by atoms with Gasteiger partial charge in [-0.2, -0.15) is 4.31 Å². The summed E-state index contributed by atoms with van der Waals surface area (Å²) in [5.74, 6) is 0.0141. The van der Waals surface area contributed by atoms with Crippen molar-refractivity contribution in [3.63, 3.8) is 0 Å². The van der Waals surface area contributed by atoms with Crippen molar-refractivity contribution in [2.24, 2.45) is 11.7 Å². The van der Waals surface area contributed by atoms with Gasteiger partial charge >= 0.3 is 0 Å². The fourth-order valence-electron chi connectivity index (χ4n) is 3.41. The second-order valence-corrected chi connectivity index (χ2v) is 9.63. The normalized spacial score (nSPS) is 36.1. The Hall–Kier alpha value is -0.600. The lowest BCUT2D eigenvalue weighted by atomic mass is 9.72. The van der Waals surface area contributed by atoms with Crippen LogP contribution in [-0.4, -0.2) is 40.0 Å². The van der Waals surface area contributed by atoms with Gasteiger partial charge in [0.2, 0.25) is 0 Å². The molecule has 2 aliphatic rings. The van der Waals surface area contributed by atoms with E-state index in [0.717, 1.165) is 25.5 Å². The largest absolute Gasteiger partial charge is 0.399 e. The predicted octanol–water partition coefficient (Wildman–Crippen LogP) is 0.383. The quantitative estimate of drug-likeness (QED) is 0.755. The minimum atomic E-state index is -4.01. The van der Waals surface area contributed by atoms with Crippen molar-refractivity contribution in [1.29, 1.82) is 0 Å². The zero-order valence-electron chi connectivity index (χ0n) is 11.4. The monoisotopic (exact) mass is 308 g/mol. The Morgan fingerprint density at radius 3 is 2.37 bits per heavy atom. The number of sulfonamides is 1. The van der Waals surface area contributed by atoms with E-state index in [2.05, 4.69) is 0 Å². The summed E-state index contributed by atoms with van der Waals surface area (Å²) >= 11 is 0. The van der Waals surface area contributed by atoms with Crippen molar-refractivity contribution in [1.82, 2.24) is 4.31 Å². The molecule has 0 bridgehead atoms. The summed E-state index contributed by atoms with van der Waals surface area (Å²) in [5.41, 5.74) is 5.15. The molecule has 0 saturated heterocycles. The summed E-state index contributed by atoms with van der Waals surface area (Å²) in [5, 5.41) is 0. The summed E-state index contributed by atoms with van der Waals surface area (Å²) in [4.78, 5) is 0. The van der Waals surface area contributed by atoms with E-state index in [1.165, 1.54) is 11.4 Å². The molecule has 2 N–H and O–H groups in total. The van der Waals surface area contributed by atoms with Crippen molar-refractivity contribution >= 4 is 19.9 Å².